The summed E-state index contributed by atoms with van der Waals surface area (Å²) >= 11 is 1.39. The average molecular weight is 368 g/mol. The predicted molar refractivity (Wildman–Crippen MR) is 105 cm³/mol. The number of aromatic nitrogens is 1. The number of benzene rings is 2. The molecule has 3 aromatic rings. The van der Waals surface area contributed by atoms with E-state index in [1.165, 1.54) is 24.0 Å². The van der Waals surface area contributed by atoms with Gasteiger partial charge in [-0.25, -0.2) is 4.98 Å². The van der Waals surface area contributed by atoms with Gasteiger partial charge in [0, 0.05) is 10.9 Å². The molecule has 0 aliphatic heterocycles. The lowest BCUT2D eigenvalue weighted by Gasteiger charge is -2.09. The maximum absolute atomic E-state index is 12.6. The van der Waals surface area contributed by atoms with Gasteiger partial charge in [-0.3, -0.25) is 10.1 Å². The number of methoxy groups -OCH3 is 2. The Morgan fingerprint density at radius 3 is 2.58 bits per heavy atom. The van der Waals surface area contributed by atoms with Crippen molar-refractivity contribution < 1.29 is 14.3 Å². The van der Waals surface area contributed by atoms with Crippen LogP contribution in [0.2, 0.25) is 0 Å². The summed E-state index contributed by atoms with van der Waals surface area (Å²) in [5.74, 6) is 0.780. The lowest BCUT2D eigenvalue weighted by molar-refractivity contribution is 0.102. The number of aryl methyl sites for hydroxylation is 2. The van der Waals surface area contributed by atoms with Crippen molar-refractivity contribution in [1.29, 1.82) is 0 Å². The first kappa shape index (κ1) is 17.9. The number of nitrogens with zero attached hydrogens (tertiary/aromatic N) is 1. The number of thiazole rings is 1. The molecule has 0 fully saturated rings. The maximum atomic E-state index is 12.6. The van der Waals surface area contributed by atoms with Crippen LogP contribution in [0.25, 0.3) is 11.3 Å². The van der Waals surface area contributed by atoms with Crippen LogP contribution in [-0.4, -0.2) is 25.1 Å². The lowest BCUT2D eigenvalue weighted by atomic mass is 10.0. The topological polar surface area (TPSA) is 60.5 Å². The third-order valence-electron chi connectivity index (χ3n) is 4.03. The van der Waals surface area contributed by atoms with Crippen LogP contribution < -0.4 is 14.8 Å². The van der Waals surface area contributed by atoms with E-state index in [0.717, 1.165) is 16.8 Å². The number of hydrogen-bond donors (Lipinski definition) is 1. The van der Waals surface area contributed by atoms with E-state index in [1.54, 1.807) is 25.3 Å². The van der Waals surface area contributed by atoms with Gasteiger partial charge in [-0.05, 0) is 37.6 Å². The highest BCUT2D eigenvalue weighted by Crippen LogP contribution is 2.29. The van der Waals surface area contributed by atoms with Crippen molar-refractivity contribution in [2.75, 3.05) is 19.5 Å². The highest BCUT2D eigenvalue weighted by molar-refractivity contribution is 7.14. The Balaban J connectivity index is 1.84. The van der Waals surface area contributed by atoms with Crippen LogP contribution in [-0.2, 0) is 0 Å². The molecule has 5 nitrogen and oxygen atoms in total. The first-order valence-electron chi connectivity index (χ1n) is 8.08. The number of carbonyl (C=O) groups excluding carboxylic acids is 1. The normalized spacial score (nSPS) is 10.5. The largest absolute Gasteiger partial charge is 0.497 e. The van der Waals surface area contributed by atoms with Gasteiger partial charge in [0.1, 0.15) is 11.5 Å². The van der Waals surface area contributed by atoms with Crippen molar-refractivity contribution in [3.8, 4) is 22.8 Å². The van der Waals surface area contributed by atoms with E-state index in [4.69, 9.17) is 9.47 Å². The molecule has 0 atom stereocenters. The SMILES string of the molecule is COc1ccc(OC)c(C(=O)Nc2nc(-c3ccc(C)cc3C)cs2)c1. The van der Waals surface area contributed by atoms with E-state index in [-0.39, 0.29) is 5.91 Å². The number of rotatable bonds is 5. The van der Waals surface area contributed by atoms with Crippen LogP contribution >= 0.6 is 11.3 Å². The fourth-order valence-electron chi connectivity index (χ4n) is 2.71. The first-order valence-corrected chi connectivity index (χ1v) is 8.96. The molecule has 0 saturated carbocycles. The third-order valence-corrected chi connectivity index (χ3v) is 4.79. The van der Waals surface area contributed by atoms with Crippen LogP contribution in [0.15, 0.2) is 41.8 Å². The molecule has 26 heavy (non-hydrogen) atoms. The van der Waals surface area contributed by atoms with Gasteiger partial charge in [0.2, 0.25) is 0 Å². The molecule has 6 heteroatoms. The summed E-state index contributed by atoms with van der Waals surface area (Å²) in [5.41, 5.74) is 4.67. The number of amides is 1. The van der Waals surface area contributed by atoms with E-state index >= 15 is 0 Å². The van der Waals surface area contributed by atoms with Crippen molar-refractivity contribution in [3.05, 3.63) is 58.5 Å². The highest BCUT2D eigenvalue weighted by Gasteiger charge is 2.16. The molecule has 2 aromatic carbocycles. The molecule has 3 rings (SSSR count). The van der Waals surface area contributed by atoms with Gasteiger partial charge in [-0.15, -0.1) is 11.3 Å². The average Bonchev–Trinajstić information content (AvgIpc) is 3.09. The van der Waals surface area contributed by atoms with E-state index in [0.29, 0.717) is 22.2 Å². The predicted octanol–water partition coefficient (Wildman–Crippen LogP) is 4.70. The summed E-state index contributed by atoms with van der Waals surface area (Å²) < 4.78 is 10.5. The highest BCUT2D eigenvalue weighted by atomic mass is 32.1. The summed E-state index contributed by atoms with van der Waals surface area (Å²) in [4.78, 5) is 17.2. The number of hydrogen-bond acceptors (Lipinski definition) is 5. The van der Waals surface area contributed by atoms with Gasteiger partial charge in [0.05, 0.1) is 25.5 Å². The molecule has 134 valence electrons. The summed E-state index contributed by atoms with van der Waals surface area (Å²) in [6.07, 6.45) is 0. The zero-order valence-corrected chi connectivity index (χ0v) is 15.9. The summed E-state index contributed by atoms with van der Waals surface area (Å²) in [7, 11) is 3.08. The van der Waals surface area contributed by atoms with Gasteiger partial charge in [-0.1, -0.05) is 23.8 Å². The quantitative estimate of drug-likeness (QED) is 0.709. The molecule has 0 radical (unpaired) electrons. The maximum Gasteiger partial charge on any atom is 0.261 e. The van der Waals surface area contributed by atoms with Gasteiger partial charge in [0.15, 0.2) is 5.13 Å². The molecule has 0 spiro atoms. The van der Waals surface area contributed by atoms with Crippen molar-refractivity contribution in [2.45, 2.75) is 13.8 Å². The van der Waals surface area contributed by atoms with Gasteiger partial charge in [0.25, 0.3) is 5.91 Å². The van der Waals surface area contributed by atoms with Crippen LogP contribution in [0.5, 0.6) is 11.5 Å². The Morgan fingerprint density at radius 1 is 1.08 bits per heavy atom. The Labute approximate surface area is 156 Å². The minimum absolute atomic E-state index is 0.290. The standard InChI is InChI=1S/C20H20N2O3S/c1-12-5-7-15(13(2)9-12)17-11-26-20(21-17)22-19(23)16-10-14(24-3)6-8-18(16)25-4/h5-11H,1-4H3,(H,21,22,23). The monoisotopic (exact) mass is 368 g/mol. The molecule has 0 saturated heterocycles. The molecule has 0 aliphatic carbocycles. The fourth-order valence-corrected chi connectivity index (χ4v) is 3.42. The Bertz CT molecular complexity index is 950. The van der Waals surface area contributed by atoms with Crippen LogP contribution in [0.1, 0.15) is 21.5 Å². The molecule has 0 aliphatic rings. The minimum atomic E-state index is -0.290. The second kappa shape index (κ2) is 7.58. The van der Waals surface area contributed by atoms with E-state index in [9.17, 15) is 4.79 Å². The smallest absolute Gasteiger partial charge is 0.261 e. The molecule has 0 unspecified atom stereocenters. The van der Waals surface area contributed by atoms with Crippen molar-refractivity contribution in [1.82, 2.24) is 4.98 Å². The lowest BCUT2D eigenvalue weighted by Crippen LogP contribution is -2.13. The van der Waals surface area contributed by atoms with Crippen molar-refractivity contribution in [3.63, 3.8) is 0 Å². The zero-order chi connectivity index (χ0) is 18.7. The van der Waals surface area contributed by atoms with Crippen molar-refractivity contribution >= 4 is 22.4 Å². The van der Waals surface area contributed by atoms with Crippen molar-refractivity contribution in [2.24, 2.45) is 0 Å². The minimum Gasteiger partial charge on any atom is -0.497 e. The summed E-state index contributed by atoms with van der Waals surface area (Å²) in [6.45, 7) is 4.12. The van der Waals surface area contributed by atoms with Gasteiger partial charge < -0.3 is 9.47 Å². The van der Waals surface area contributed by atoms with E-state index in [1.807, 2.05) is 5.38 Å². The Kier molecular flexibility index (Phi) is 5.23. The number of carbonyl (C=O) groups is 1. The number of ether oxygens (including phenoxy) is 2. The van der Waals surface area contributed by atoms with Gasteiger partial charge >= 0.3 is 0 Å². The Hall–Kier alpha value is -2.86. The Morgan fingerprint density at radius 2 is 1.88 bits per heavy atom. The zero-order valence-electron chi connectivity index (χ0n) is 15.1. The number of nitrogens with one attached hydrogen (secondary N) is 1. The first-order chi connectivity index (χ1) is 12.5. The second-order valence-corrected chi connectivity index (χ2v) is 6.73. The fraction of sp³-hybridized carbons (Fsp3) is 0.200. The van der Waals surface area contributed by atoms with Gasteiger partial charge in [-0.2, -0.15) is 0 Å². The molecule has 1 N–H and O–H groups in total. The van der Waals surface area contributed by atoms with Crippen LogP contribution in [0.4, 0.5) is 5.13 Å². The van der Waals surface area contributed by atoms with Crippen LogP contribution in [0.3, 0.4) is 0 Å². The summed E-state index contributed by atoms with van der Waals surface area (Å²) in [6, 6.07) is 11.3. The third kappa shape index (κ3) is 3.70. The second-order valence-electron chi connectivity index (χ2n) is 5.88. The molecule has 1 amide bonds. The molecule has 1 heterocycles. The number of anilines is 1. The molecule has 0 bridgehead atoms. The van der Waals surface area contributed by atoms with Crippen LogP contribution in [0, 0.1) is 13.8 Å². The summed E-state index contributed by atoms with van der Waals surface area (Å²) in [5, 5.41) is 5.32. The molecular weight excluding hydrogens is 348 g/mol. The molecule has 1 aromatic heterocycles. The van der Waals surface area contributed by atoms with E-state index in [2.05, 4.69) is 42.3 Å². The van der Waals surface area contributed by atoms with E-state index < -0.39 is 0 Å². The molecular formula is C20H20N2O3S.